The Morgan fingerprint density at radius 2 is 2.24 bits per heavy atom. The van der Waals surface area contributed by atoms with Crippen molar-refractivity contribution >= 4 is 56.8 Å². The van der Waals surface area contributed by atoms with Crippen LogP contribution in [0.15, 0.2) is 22.3 Å². The third-order valence-corrected chi connectivity index (χ3v) is 4.47. The Morgan fingerprint density at radius 3 is 2.86 bits per heavy atom. The molecule has 2 fully saturated rings. The van der Waals surface area contributed by atoms with Gasteiger partial charge >= 0.3 is 0 Å². The van der Waals surface area contributed by atoms with E-state index in [0.29, 0.717) is 27.1 Å². The summed E-state index contributed by atoms with van der Waals surface area (Å²) in [5.41, 5.74) is 1.16. The number of nitrogens with zero attached hydrogens (tertiary/aromatic N) is 1. The van der Waals surface area contributed by atoms with Crippen LogP contribution in [-0.2, 0) is 4.79 Å². The molecule has 0 spiro atoms. The van der Waals surface area contributed by atoms with Gasteiger partial charge in [-0.15, -0.1) is 0 Å². The molecule has 1 amide bonds. The number of halogens is 2. The van der Waals surface area contributed by atoms with E-state index in [0.717, 1.165) is 17.3 Å². The molecule has 0 radical (unpaired) electrons. The lowest BCUT2D eigenvalue weighted by molar-refractivity contribution is -0.122. The van der Waals surface area contributed by atoms with Gasteiger partial charge in [-0.25, -0.2) is 0 Å². The van der Waals surface area contributed by atoms with Gasteiger partial charge < -0.3 is 10.1 Å². The van der Waals surface area contributed by atoms with Gasteiger partial charge in [-0.3, -0.25) is 9.69 Å². The summed E-state index contributed by atoms with van der Waals surface area (Å²) in [4.78, 5) is 14.0. The van der Waals surface area contributed by atoms with Gasteiger partial charge in [-0.05, 0) is 59.2 Å². The number of hydrogen-bond acceptors (Lipinski definition) is 3. The van der Waals surface area contributed by atoms with Crippen molar-refractivity contribution < 1.29 is 9.53 Å². The second-order valence-corrected chi connectivity index (χ2v) is 6.58. The number of hydrogen-bond donors (Lipinski definition) is 1. The van der Waals surface area contributed by atoms with Gasteiger partial charge in [0.25, 0.3) is 5.91 Å². The van der Waals surface area contributed by atoms with Crippen molar-refractivity contribution in [3.05, 3.63) is 32.9 Å². The highest BCUT2D eigenvalue weighted by molar-refractivity contribution is 9.10. The molecule has 1 saturated heterocycles. The van der Waals surface area contributed by atoms with E-state index >= 15 is 0 Å². The number of rotatable bonds is 3. The van der Waals surface area contributed by atoms with Gasteiger partial charge in [0, 0.05) is 16.6 Å². The zero-order chi connectivity index (χ0) is 15.1. The minimum atomic E-state index is -0.0966. The van der Waals surface area contributed by atoms with Crippen molar-refractivity contribution in [2.24, 2.45) is 0 Å². The minimum Gasteiger partial charge on any atom is -0.495 e. The number of carbonyl (C=O) groups excluding carboxylic acids is 1. The zero-order valence-electron chi connectivity index (χ0n) is 11.2. The molecule has 1 aliphatic carbocycles. The molecule has 4 nitrogen and oxygen atoms in total. The molecule has 1 aromatic carbocycles. The van der Waals surface area contributed by atoms with Crippen LogP contribution in [0.25, 0.3) is 6.08 Å². The first kappa shape index (κ1) is 14.8. The summed E-state index contributed by atoms with van der Waals surface area (Å²) in [6.07, 6.45) is 3.73. The number of benzene rings is 1. The van der Waals surface area contributed by atoms with Crippen LogP contribution in [0.3, 0.4) is 0 Å². The number of ether oxygens (including phenoxy) is 1. The van der Waals surface area contributed by atoms with Crippen molar-refractivity contribution in [3.8, 4) is 5.75 Å². The normalized spacial score (nSPS) is 20.1. The van der Waals surface area contributed by atoms with Crippen LogP contribution in [0.5, 0.6) is 5.75 Å². The Hall–Kier alpha value is -1.11. The fourth-order valence-electron chi connectivity index (χ4n) is 2.27. The topological polar surface area (TPSA) is 41.6 Å². The summed E-state index contributed by atoms with van der Waals surface area (Å²) in [6, 6.07) is 3.74. The van der Waals surface area contributed by atoms with Crippen molar-refractivity contribution in [2.45, 2.75) is 18.9 Å². The third kappa shape index (κ3) is 2.80. The quantitative estimate of drug-likeness (QED) is 0.638. The second-order valence-electron chi connectivity index (χ2n) is 4.90. The highest BCUT2D eigenvalue weighted by atomic mass is 79.9. The van der Waals surface area contributed by atoms with E-state index in [1.165, 1.54) is 0 Å². The molecule has 0 bridgehead atoms. The highest BCUT2D eigenvalue weighted by Gasteiger charge is 2.41. The summed E-state index contributed by atoms with van der Waals surface area (Å²) >= 11 is 14.7. The maximum Gasteiger partial charge on any atom is 0.276 e. The summed E-state index contributed by atoms with van der Waals surface area (Å²) in [7, 11) is 1.57. The lowest BCUT2D eigenvalue weighted by atomic mass is 10.1. The van der Waals surface area contributed by atoms with Crippen LogP contribution in [0.4, 0.5) is 0 Å². The summed E-state index contributed by atoms with van der Waals surface area (Å²) in [5, 5.41) is 3.99. The van der Waals surface area contributed by atoms with E-state index in [1.807, 2.05) is 0 Å². The largest absolute Gasteiger partial charge is 0.495 e. The van der Waals surface area contributed by atoms with Gasteiger partial charge in [0.05, 0.1) is 11.6 Å². The molecule has 1 aromatic rings. The molecule has 7 heteroatoms. The number of thiocarbonyl (C=S) groups is 1. The van der Waals surface area contributed by atoms with Gasteiger partial charge in [0.1, 0.15) is 11.4 Å². The van der Waals surface area contributed by atoms with Gasteiger partial charge in [-0.1, -0.05) is 11.6 Å². The lowest BCUT2D eigenvalue weighted by Crippen LogP contribution is -2.32. The maximum atomic E-state index is 12.4. The molecule has 1 heterocycles. The minimum absolute atomic E-state index is 0.0966. The number of carbonyl (C=O) groups is 1. The third-order valence-electron chi connectivity index (χ3n) is 3.36. The summed E-state index contributed by atoms with van der Waals surface area (Å²) in [6.45, 7) is 0. The van der Waals surface area contributed by atoms with Crippen LogP contribution in [-0.4, -0.2) is 29.1 Å². The first-order chi connectivity index (χ1) is 10.0. The highest BCUT2D eigenvalue weighted by Crippen LogP contribution is 2.35. The van der Waals surface area contributed by atoms with Crippen molar-refractivity contribution in [1.29, 1.82) is 0 Å². The van der Waals surface area contributed by atoms with Gasteiger partial charge in [0.15, 0.2) is 5.11 Å². The molecule has 3 rings (SSSR count). The molecular formula is C14H12BrClN2O2S. The number of nitrogens with one attached hydrogen (secondary N) is 1. The molecule has 0 aromatic heterocycles. The molecular weight excluding hydrogens is 376 g/mol. The molecule has 0 unspecified atom stereocenters. The molecule has 0 atom stereocenters. The Balaban J connectivity index is 1.99. The van der Waals surface area contributed by atoms with Crippen LogP contribution in [0, 0.1) is 0 Å². The predicted octanol–water partition coefficient (Wildman–Crippen LogP) is 3.33. The number of amides is 1. The van der Waals surface area contributed by atoms with Crippen LogP contribution >= 0.6 is 39.7 Å². The molecule has 1 saturated carbocycles. The van der Waals surface area contributed by atoms with Crippen molar-refractivity contribution in [1.82, 2.24) is 10.2 Å². The average molecular weight is 388 g/mol. The SMILES string of the molecule is COc1c(Br)cc(Cl)cc1/C=C1/NC(=S)N(C2CC2)C1=O. The standard InChI is InChI=1S/C14H12BrClN2O2S/c1-20-12-7(4-8(16)6-10(12)15)5-11-13(19)18(9-2-3-9)14(21)17-11/h4-6,9H,2-3H2,1H3,(H,17,21)/b11-5+. The van der Waals surface area contributed by atoms with Gasteiger partial charge in [-0.2, -0.15) is 0 Å². The van der Waals surface area contributed by atoms with Crippen molar-refractivity contribution in [2.75, 3.05) is 7.11 Å². The van der Waals surface area contributed by atoms with Crippen molar-refractivity contribution in [3.63, 3.8) is 0 Å². The Bertz CT molecular complexity index is 673. The smallest absolute Gasteiger partial charge is 0.276 e. The molecule has 110 valence electrons. The fourth-order valence-corrected chi connectivity index (χ4v) is 3.61. The Kier molecular flexibility index (Phi) is 3.94. The molecule has 1 N–H and O–H groups in total. The lowest BCUT2D eigenvalue weighted by Gasteiger charge is -2.11. The fraction of sp³-hybridized carbons (Fsp3) is 0.286. The molecule has 1 aliphatic heterocycles. The molecule has 21 heavy (non-hydrogen) atoms. The zero-order valence-corrected chi connectivity index (χ0v) is 14.3. The van der Waals surface area contributed by atoms with Crippen LogP contribution in [0.2, 0.25) is 5.02 Å². The van der Waals surface area contributed by atoms with E-state index < -0.39 is 0 Å². The second kappa shape index (κ2) is 5.59. The van der Waals surface area contributed by atoms with E-state index in [-0.39, 0.29) is 11.9 Å². The first-order valence-corrected chi connectivity index (χ1v) is 7.98. The average Bonchev–Trinajstić information content (AvgIpc) is 3.18. The van der Waals surface area contributed by atoms with Gasteiger partial charge in [0.2, 0.25) is 0 Å². The van der Waals surface area contributed by atoms with E-state index in [1.54, 1.807) is 30.2 Å². The van der Waals surface area contributed by atoms with E-state index in [9.17, 15) is 4.79 Å². The van der Waals surface area contributed by atoms with E-state index in [2.05, 4.69) is 21.2 Å². The predicted molar refractivity (Wildman–Crippen MR) is 89.3 cm³/mol. The summed E-state index contributed by atoms with van der Waals surface area (Å²) in [5.74, 6) is 0.526. The van der Waals surface area contributed by atoms with Crippen LogP contribution < -0.4 is 10.1 Å². The first-order valence-electron chi connectivity index (χ1n) is 6.40. The summed E-state index contributed by atoms with van der Waals surface area (Å²) < 4.78 is 6.09. The molecule has 2 aliphatic rings. The Labute approximate surface area is 141 Å². The van der Waals surface area contributed by atoms with Crippen LogP contribution in [0.1, 0.15) is 18.4 Å². The maximum absolute atomic E-state index is 12.4. The Morgan fingerprint density at radius 1 is 1.52 bits per heavy atom. The number of methoxy groups -OCH3 is 1. The monoisotopic (exact) mass is 386 g/mol. The van der Waals surface area contributed by atoms with E-state index in [4.69, 9.17) is 28.6 Å².